The zero-order valence-electron chi connectivity index (χ0n) is 20.1. The van der Waals surface area contributed by atoms with Gasteiger partial charge in [-0.3, -0.25) is 9.59 Å². The van der Waals surface area contributed by atoms with E-state index in [0.717, 1.165) is 11.6 Å². The molecule has 6 rings (SSSR count). The molecule has 2 heterocycles. The quantitative estimate of drug-likeness (QED) is 0.266. The van der Waals surface area contributed by atoms with E-state index in [1.807, 2.05) is 30.3 Å². The third kappa shape index (κ3) is 4.32. The van der Waals surface area contributed by atoms with Crippen LogP contribution in [0.2, 0.25) is 0 Å². The smallest absolute Gasteiger partial charge is 0.291 e. The minimum Gasteiger partial charge on any atom is -0.489 e. The maximum atomic E-state index is 14.0. The highest BCUT2D eigenvalue weighted by Gasteiger charge is 2.42. The Morgan fingerprint density at radius 3 is 2.24 bits per heavy atom. The van der Waals surface area contributed by atoms with Gasteiger partial charge in [0.2, 0.25) is 5.76 Å². The first-order chi connectivity index (χ1) is 18.5. The molecule has 188 valence electrons. The maximum absolute atomic E-state index is 14.0. The molecule has 1 amide bonds. The van der Waals surface area contributed by atoms with Crippen molar-refractivity contribution in [1.29, 1.82) is 0 Å². The van der Waals surface area contributed by atoms with Gasteiger partial charge in [0.05, 0.1) is 17.0 Å². The number of carbonyl (C=O) groups excluding carboxylic acids is 1. The van der Waals surface area contributed by atoms with E-state index in [9.17, 15) is 18.4 Å². The molecular formula is C31H21F2NO4. The molecule has 0 spiro atoms. The zero-order chi connectivity index (χ0) is 26.2. The topological polar surface area (TPSA) is 59.8 Å². The average Bonchev–Trinajstić information content (AvgIpc) is 3.21. The van der Waals surface area contributed by atoms with Crippen molar-refractivity contribution < 1.29 is 22.7 Å². The van der Waals surface area contributed by atoms with Gasteiger partial charge < -0.3 is 14.1 Å². The minimum atomic E-state index is -0.783. The van der Waals surface area contributed by atoms with E-state index < -0.39 is 29.0 Å². The van der Waals surface area contributed by atoms with Crippen LogP contribution in [-0.2, 0) is 13.2 Å². The Balaban J connectivity index is 1.40. The predicted octanol–water partition coefficient (Wildman–Crippen LogP) is 6.40. The number of amides is 1. The number of benzene rings is 4. The monoisotopic (exact) mass is 509 g/mol. The normalized spacial score (nSPS) is 14.6. The van der Waals surface area contributed by atoms with Gasteiger partial charge in [-0.15, -0.1) is 0 Å². The van der Waals surface area contributed by atoms with Crippen molar-refractivity contribution >= 4 is 16.9 Å². The SMILES string of the molecule is O=C1c2oc3ccc(F)cc3c(=O)c2C(c2ccc(OCc3ccccc3)cc2)N1Cc1ccc(F)cc1. The molecule has 0 aliphatic carbocycles. The maximum Gasteiger partial charge on any atom is 0.291 e. The Morgan fingerprint density at radius 2 is 1.50 bits per heavy atom. The molecule has 0 N–H and O–H groups in total. The van der Waals surface area contributed by atoms with Gasteiger partial charge in [-0.1, -0.05) is 54.6 Å². The van der Waals surface area contributed by atoms with Crippen LogP contribution in [0.1, 0.15) is 38.9 Å². The van der Waals surface area contributed by atoms with Crippen LogP contribution in [0, 0.1) is 11.6 Å². The van der Waals surface area contributed by atoms with Gasteiger partial charge in [0.1, 0.15) is 29.6 Å². The molecule has 1 aromatic heterocycles. The number of nitrogens with zero attached hydrogens (tertiary/aromatic N) is 1. The summed E-state index contributed by atoms with van der Waals surface area (Å²) in [6.07, 6.45) is 0. The summed E-state index contributed by atoms with van der Waals surface area (Å²) in [5.74, 6) is -0.890. The van der Waals surface area contributed by atoms with Gasteiger partial charge in [-0.25, -0.2) is 8.78 Å². The van der Waals surface area contributed by atoms with Gasteiger partial charge in [-0.05, 0) is 59.2 Å². The lowest BCUT2D eigenvalue weighted by atomic mass is 9.98. The average molecular weight is 510 g/mol. The van der Waals surface area contributed by atoms with E-state index in [-0.39, 0.29) is 28.8 Å². The second kappa shape index (κ2) is 9.59. The summed E-state index contributed by atoms with van der Waals surface area (Å²) < 4.78 is 39.3. The molecule has 0 fully saturated rings. The van der Waals surface area contributed by atoms with E-state index in [2.05, 4.69) is 0 Å². The highest BCUT2D eigenvalue weighted by atomic mass is 19.1. The molecule has 0 bridgehead atoms. The van der Waals surface area contributed by atoms with Crippen LogP contribution in [0.3, 0.4) is 0 Å². The first-order valence-electron chi connectivity index (χ1n) is 12.1. The first kappa shape index (κ1) is 23.6. The summed E-state index contributed by atoms with van der Waals surface area (Å²) in [5, 5.41) is 0.0630. The van der Waals surface area contributed by atoms with Crippen molar-refractivity contribution in [3.63, 3.8) is 0 Å². The van der Waals surface area contributed by atoms with Crippen LogP contribution in [0.25, 0.3) is 11.0 Å². The molecule has 1 atom stereocenters. The fraction of sp³-hybridized carbons (Fsp3) is 0.0968. The van der Waals surface area contributed by atoms with Crippen molar-refractivity contribution in [2.75, 3.05) is 0 Å². The molecule has 0 saturated carbocycles. The number of halogens is 2. The molecule has 5 nitrogen and oxygen atoms in total. The van der Waals surface area contributed by atoms with Crippen LogP contribution in [0.4, 0.5) is 8.78 Å². The third-order valence-electron chi connectivity index (χ3n) is 6.64. The number of hydrogen-bond acceptors (Lipinski definition) is 4. The van der Waals surface area contributed by atoms with Crippen molar-refractivity contribution in [3.05, 3.63) is 147 Å². The molecule has 38 heavy (non-hydrogen) atoms. The molecule has 0 saturated heterocycles. The van der Waals surface area contributed by atoms with Gasteiger partial charge in [0, 0.05) is 6.54 Å². The van der Waals surface area contributed by atoms with E-state index in [4.69, 9.17) is 9.15 Å². The molecule has 0 radical (unpaired) electrons. The van der Waals surface area contributed by atoms with Crippen molar-refractivity contribution in [3.8, 4) is 5.75 Å². The molecule has 1 aliphatic rings. The summed E-state index contributed by atoms with van der Waals surface area (Å²) in [6.45, 7) is 0.507. The lowest BCUT2D eigenvalue weighted by Gasteiger charge is -2.25. The summed E-state index contributed by atoms with van der Waals surface area (Å²) in [4.78, 5) is 28.7. The summed E-state index contributed by atoms with van der Waals surface area (Å²) in [7, 11) is 0. The molecule has 4 aromatic carbocycles. The third-order valence-corrected chi connectivity index (χ3v) is 6.64. The molecular weight excluding hydrogens is 488 g/mol. The molecule has 1 unspecified atom stereocenters. The van der Waals surface area contributed by atoms with Crippen LogP contribution in [0.15, 0.2) is 106 Å². The van der Waals surface area contributed by atoms with Gasteiger partial charge in [-0.2, -0.15) is 0 Å². The predicted molar refractivity (Wildman–Crippen MR) is 138 cm³/mol. The van der Waals surface area contributed by atoms with Crippen molar-refractivity contribution in [2.45, 2.75) is 19.2 Å². The van der Waals surface area contributed by atoms with E-state index in [1.54, 1.807) is 36.4 Å². The fourth-order valence-electron chi connectivity index (χ4n) is 4.78. The Kier molecular flexibility index (Phi) is 5.96. The van der Waals surface area contributed by atoms with Crippen LogP contribution >= 0.6 is 0 Å². The van der Waals surface area contributed by atoms with E-state index >= 15 is 0 Å². The zero-order valence-corrected chi connectivity index (χ0v) is 20.1. The summed E-state index contributed by atoms with van der Waals surface area (Å²) in [6, 6.07) is 25.5. The van der Waals surface area contributed by atoms with Gasteiger partial charge in [0.15, 0.2) is 5.43 Å². The highest BCUT2D eigenvalue weighted by molar-refractivity contribution is 5.99. The Hall–Kier alpha value is -4.78. The standard InChI is InChI=1S/C31H21F2NO4/c32-22-10-6-19(7-11-22)17-34-28(21-8-13-24(14-9-21)37-18-20-4-2-1-3-5-20)27-29(35)25-16-23(33)12-15-26(25)38-30(27)31(34)36/h1-16,28H,17-18H2. The second-order valence-corrected chi connectivity index (χ2v) is 9.12. The van der Waals surface area contributed by atoms with E-state index in [1.165, 1.54) is 29.2 Å². The van der Waals surface area contributed by atoms with Crippen LogP contribution < -0.4 is 10.2 Å². The number of ether oxygens (including phenoxy) is 1. The number of carbonyl (C=O) groups is 1. The Labute approximate surface area is 216 Å². The van der Waals surface area contributed by atoms with Crippen molar-refractivity contribution in [2.24, 2.45) is 0 Å². The second-order valence-electron chi connectivity index (χ2n) is 9.12. The van der Waals surface area contributed by atoms with Gasteiger partial charge in [0.25, 0.3) is 5.91 Å². The number of fused-ring (bicyclic) bond motifs is 2. The Morgan fingerprint density at radius 1 is 0.789 bits per heavy atom. The highest BCUT2D eigenvalue weighted by Crippen LogP contribution is 2.39. The summed E-state index contributed by atoms with van der Waals surface area (Å²) >= 11 is 0. The minimum absolute atomic E-state index is 0.0630. The van der Waals surface area contributed by atoms with Crippen LogP contribution in [-0.4, -0.2) is 10.8 Å². The molecule has 7 heteroatoms. The first-order valence-corrected chi connectivity index (χ1v) is 12.1. The molecule has 1 aliphatic heterocycles. The van der Waals surface area contributed by atoms with E-state index in [0.29, 0.717) is 23.5 Å². The number of hydrogen-bond donors (Lipinski definition) is 0. The largest absolute Gasteiger partial charge is 0.489 e. The Bertz CT molecular complexity index is 1700. The number of rotatable bonds is 6. The summed E-state index contributed by atoms with van der Waals surface area (Å²) in [5.41, 5.74) is 2.18. The van der Waals surface area contributed by atoms with Crippen LogP contribution in [0.5, 0.6) is 5.75 Å². The van der Waals surface area contributed by atoms with Gasteiger partial charge >= 0.3 is 0 Å². The lowest BCUT2D eigenvalue weighted by molar-refractivity contribution is 0.0714. The lowest BCUT2D eigenvalue weighted by Crippen LogP contribution is -2.29. The fourth-order valence-corrected chi connectivity index (χ4v) is 4.78. The molecule has 5 aromatic rings. The van der Waals surface area contributed by atoms with Crippen molar-refractivity contribution in [1.82, 2.24) is 4.90 Å².